The Bertz CT molecular complexity index is 437. The Morgan fingerprint density at radius 2 is 2.20 bits per heavy atom. The molecule has 1 nitrogen and oxygen atoms in total. The van der Waals surface area contributed by atoms with Gasteiger partial charge in [0.25, 0.3) is 0 Å². The van der Waals surface area contributed by atoms with Crippen LogP contribution in [0, 0.1) is 6.92 Å². The lowest BCUT2D eigenvalue weighted by atomic mass is 10.2. The smallest absolute Gasteiger partial charge is 0.134 e. The van der Waals surface area contributed by atoms with Gasteiger partial charge in [-0.1, -0.05) is 6.07 Å². The number of thiophene rings is 1. The average Bonchev–Trinajstić information content (AvgIpc) is 2.69. The first-order chi connectivity index (χ1) is 7.25. The molecule has 0 bridgehead atoms. The summed E-state index contributed by atoms with van der Waals surface area (Å²) in [4.78, 5) is 0. The van der Waals surface area contributed by atoms with Crippen molar-refractivity contribution >= 4 is 27.3 Å². The van der Waals surface area contributed by atoms with Crippen molar-refractivity contribution in [2.45, 2.75) is 13.5 Å². The van der Waals surface area contributed by atoms with Crippen molar-refractivity contribution < 1.29 is 4.74 Å². The van der Waals surface area contributed by atoms with Gasteiger partial charge in [-0.2, -0.15) is 11.3 Å². The predicted molar refractivity (Wildman–Crippen MR) is 67.5 cm³/mol. The Balaban J connectivity index is 2.05. The molecule has 1 aromatic carbocycles. The van der Waals surface area contributed by atoms with Gasteiger partial charge in [0.15, 0.2) is 0 Å². The highest BCUT2D eigenvalue weighted by molar-refractivity contribution is 9.10. The molecule has 0 atom stereocenters. The number of halogens is 1. The van der Waals surface area contributed by atoms with Gasteiger partial charge in [0, 0.05) is 0 Å². The van der Waals surface area contributed by atoms with E-state index in [-0.39, 0.29) is 0 Å². The van der Waals surface area contributed by atoms with Crippen LogP contribution in [-0.2, 0) is 6.61 Å². The highest BCUT2D eigenvalue weighted by Crippen LogP contribution is 2.26. The molecule has 0 saturated carbocycles. The third-order valence-corrected chi connectivity index (χ3v) is 3.41. The van der Waals surface area contributed by atoms with Gasteiger partial charge >= 0.3 is 0 Å². The number of benzene rings is 1. The maximum absolute atomic E-state index is 5.70. The maximum atomic E-state index is 5.70. The van der Waals surface area contributed by atoms with E-state index in [1.165, 1.54) is 11.1 Å². The lowest BCUT2D eigenvalue weighted by molar-refractivity contribution is 0.304. The fourth-order valence-corrected chi connectivity index (χ4v) is 2.52. The summed E-state index contributed by atoms with van der Waals surface area (Å²) in [5.41, 5.74) is 2.44. The Hall–Kier alpha value is -0.800. The molecule has 0 spiro atoms. The van der Waals surface area contributed by atoms with E-state index >= 15 is 0 Å². The minimum absolute atomic E-state index is 0.630. The van der Waals surface area contributed by atoms with E-state index in [0.717, 1.165) is 10.2 Å². The van der Waals surface area contributed by atoms with Crippen LogP contribution in [-0.4, -0.2) is 0 Å². The second kappa shape index (κ2) is 4.81. The first-order valence-corrected chi connectivity index (χ1v) is 6.39. The van der Waals surface area contributed by atoms with Gasteiger partial charge in [-0.15, -0.1) is 0 Å². The topological polar surface area (TPSA) is 9.23 Å². The zero-order valence-corrected chi connectivity index (χ0v) is 10.8. The van der Waals surface area contributed by atoms with Crippen molar-refractivity contribution in [2.75, 3.05) is 0 Å². The van der Waals surface area contributed by atoms with Gasteiger partial charge in [-0.05, 0) is 62.9 Å². The Morgan fingerprint density at radius 3 is 2.87 bits per heavy atom. The Kier molecular flexibility index (Phi) is 3.44. The minimum atomic E-state index is 0.630. The normalized spacial score (nSPS) is 10.3. The van der Waals surface area contributed by atoms with Crippen molar-refractivity contribution in [3.8, 4) is 5.75 Å². The van der Waals surface area contributed by atoms with Crippen LogP contribution in [0.4, 0.5) is 0 Å². The predicted octanol–water partition coefficient (Wildman–Crippen LogP) is 4.40. The zero-order chi connectivity index (χ0) is 10.7. The van der Waals surface area contributed by atoms with E-state index in [2.05, 4.69) is 45.7 Å². The molecule has 0 amide bonds. The van der Waals surface area contributed by atoms with Crippen LogP contribution < -0.4 is 4.74 Å². The quantitative estimate of drug-likeness (QED) is 0.811. The molecule has 0 fully saturated rings. The van der Waals surface area contributed by atoms with Gasteiger partial charge in [0.05, 0.1) is 4.47 Å². The van der Waals surface area contributed by atoms with Gasteiger partial charge in [0.1, 0.15) is 12.4 Å². The number of rotatable bonds is 3. The third kappa shape index (κ3) is 2.83. The fourth-order valence-electron chi connectivity index (χ4n) is 1.26. The summed E-state index contributed by atoms with van der Waals surface area (Å²) in [5.74, 6) is 0.895. The van der Waals surface area contributed by atoms with Gasteiger partial charge in [-0.25, -0.2) is 0 Å². The first-order valence-electron chi connectivity index (χ1n) is 4.66. The molecule has 1 aromatic heterocycles. The number of aryl methyl sites for hydroxylation is 1. The molecule has 0 aliphatic rings. The molecule has 2 rings (SSSR count). The monoisotopic (exact) mass is 282 g/mol. The van der Waals surface area contributed by atoms with Crippen LogP contribution in [0.15, 0.2) is 39.5 Å². The highest BCUT2D eigenvalue weighted by Gasteiger charge is 2.01. The van der Waals surface area contributed by atoms with E-state index < -0.39 is 0 Å². The molecule has 0 aliphatic heterocycles. The summed E-state index contributed by atoms with van der Waals surface area (Å²) in [7, 11) is 0. The molecule has 2 aromatic rings. The summed E-state index contributed by atoms with van der Waals surface area (Å²) in [6.07, 6.45) is 0. The SMILES string of the molecule is Cc1ccc(OCc2ccsc2)c(Br)c1. The van der Waals surface area contributed by atoms with Crippen LogP contribution >= 0.6 is 27.3 Å². The van der Waals surface area contributed by atoms with Crippen LogP contribution in [0.1, 0.15) is 11.1 Å². The van der Waals surface area contributed by atoms with Crippen molar-refractivity contribution in [2.24, 2.45) is 0 Å². The van der Waals surface area contributed by atoms with Crippen molar-refractivity contribution in [1.82, 2.24) is 0 Å². The van der Waals surface area contributed by atoms with E-state index in [0.29, 0.717) is 6.61 Å². The first kappa shape index (κ1) is 10.7. The molecule has 0 radical (unpaired) electrons. The van der Waals surface area contributed by atoms with Gasteiger partial charge in [0.2, 0.25) is 0 Å². The van der Waals surface area contributed by atoms with Gasteiger partial charge < -0.3 is 4.74 Å². The molecule has 15 heavy (non-hydrogen) atoms. The lowest BCUT2D eigenvalue weighted by Gasteiger charge is -2.07. The molecular formula is C12H11BrOS. The third-order valence-electron chi connectivity index (χ3n) is 2.06. The molecule has 3 heteroatoms. The molecule has 0 unspecified atom stereocenters. The molecule has 1 heterocycles. The highest BCUT2D eigenvalue weighted by atomic mass is 79.9. The van der Waals surface area contributed by atoms with Crippen LogP contribution in [0.3, 0.4) is 0 Å². The summed E-state index contributed by atoms with van der Waals surface area (Å²) >= 11 is 5.18. The zero-order valence-electron chi connectivity index (χ0n) is 8.37. The average molecular weight is 283 g/mol. The minimum Gasteiger partial charge on any atom is -0.488 e. The standard InChI is InChI=1S/C12H11BrOS/c1-9-2-3-12(11(13)6-9)14-7-10-4-5-15-8-10/h2-6,8H,7H2,1H3. The second-order valence-corrected chi connectivity index (χ2v) is 4.99. The number of hydrogen-bond donors (Lipinski definition) is 0. The molecule has 78 valence electrons. The van der Waals surface area contributed by atoms with Crippen LogP contribution in [0.2, 0.25) is 0 Å². The lowest BCUT2D eigenvalue weighted by Crippen LogP contribution is -1.94. The Labute approximate surface area is 102 Å². The van der Waals surface area contributed by atoms with Gasteiger partial charge in [-0.3, -0.25) is 0 Å². The second-order valence-electron chi connectivity index (χ2n) is 3.35. The summed E-state index contributed by atoms with van der Waals surface area (Å²) in [6.45, 7) is 2.69. The van der Waals surface area contributed by atoms with E-state index in [1.807, 2.05) is 12.1 Å². The van der Waals surface area contributed by atoms with Crippen molar-refractivity contribution in [1.29, 1.82) is 0 Å². The molecular weight excluding hydrogens is 272 g/mol. The van der Waals surface area contributed by atoms with E-state index in [4.69, 9.17) is 4.74 Å². The largest absolute Gasteiger partial charge is 0.488 e. The van der Waals surface area contributed by atoms with E-state index in [1.54, 1.807) is 11.3 Å². The van der Waals surface area contributed by atoms with Crippen molar-refractivity contribution in [3.05, 3.63) is 50.6 Å². The maximum Gasteiger partial charge on any atom is 0.134 e. The summed E-state index contributed by atoms with van der Waals surface area (Å²) < 4.78 is 6.71. The molecule has 0 aliphatic carbocycles. The fraction of sp³-hybridized carbons (Fsp3) is 0.167. The summed E-state index contributed by atoms with van der Waals surface area (Å²) in [5, 5.41) is 4.16. The number of hydrogen-bond acceptors (Lipinski definition) is 2. The number of ether oxygens (including phenoxy) is 1. The Morgan fingerprint density at radius 1 is 1.33 bits per heavy atom. The molecule has 0 saturated heterocycles. The van der Waals surface area contributed by atoms with Crippen LogP contribution in [0.25, 0.3) is 0 Å². The van der Waals surface area contributed by atoms with E-state index in [9.17, 15) is 0 Å². The van der Waals surface area contributed by atoms with Crippen LogP contribution in [0.5, 0.6) is 5.75 Å². The summed E-state index contributed by atoms with van der Waals surface area (Å²) in [6, 6.07) is 8.18. The molecule has 0 N–H and O–H groups in total. The van der Waals surface area contributed by atoms with Crippen molar-refractivity contribution in [3.63, 3.8) is 0 Å².